The molecule has 0 unspecified atom stereocenters. The second-order valence-corrected chi connectivity index (χ2v) is 5.59. The predicted octanol–water partition coefficient (Wildman–Crippen LogP) is 4.05. The summed E-state index contributed by atoms with van der Waals surface area (Å²) in [5.74, 6) is 0.102. The molecule has 0 bridgehead atoms. The molecule has 0 aromatic heterocycles. The maximum absolute atomic E-state index is 13.1. The van der Waals surface area contributed by atoms with Gasteiger partial charge in [0.05, 0.1) is 0 Å². The SMILES string of the molecule is CN(CC(C)(C)C)c1ccc(F)cc1CCl. The number of benzene rings is 1. The number of halogens is 2. The second kappa shape index (κ2) is 5.05. The Hall–Kier alpha value is -0.760. The minimum Gasteiger partial charge on any atom is -0.374 e. The average Bonchev–Trinajstić information content (AvgIpc) is 2.14. The van der Waals surface area contributed by atoms with Crippen LogP contribution in [-0.4, -0.2) is 13.6 Å². The Labute approximate surface area is 102 Å². The Morgan fingerprint density at radius 3 is 2.44 bits per heavy atom. The average molecular weight is 244 g/mol. The predicted molar refractivity (Wildman–Crippen MR) is 68.7 cm³/mol. The summed E-state index contributed by atoms with van der Waals surface area (Å²) >= 11 is 5.83. The van der Waals surface area contributed by atoms with Crippen LogP contribution in [-0.2, 0) is 5.88 Å². The lowest BCUT2D eigenvalue weighted by molar-refractivity contribution is 0.418. The molecule has 3 heteroatoms. The van der Waals surface area contributed by atoms with Gasteiger partial charge in [-0.25, -0.2) is 4.39 Å². The lowest BCUT2D eigenvalue weighted by Gasteiger charge is -2.29. The third-order valence-corrected chi connectivity index (χ3v) is 2.60. The molecule has 1 nitrogen and oxygen atoms in total. The van der Waals surface area contributed by atoms with Gasteiger partial charge in [0, 0.05) is 25.2 Å². The third-order valence-electron chi connectivity index (χ3n) is 2.31. The van der Waals surface area contributed by atoms with E-state index in [1.807, 2.05) is 7.05 Å². The molecule has 0 heterocycles. The molecule has 0 fully saturated rings. The molecule has 1 rings (SSSR count). The van der Waals surface area contributed by atoms with Crippen molar-refractivity contribution in [3.05, 3.63) is 29.6 Å². The molecule has 0 aliphatic carbocycles. The maximum atomic E-state index is 13.1. The van der Waals surface area contributed by atoms with Crippen LogP contribution in [0.1, 0.15) is 26.3 Å². The minimum atomic E-state index is -0.233. The van der Waals surface area contributed by atoms with E-state index in [1.165, 1.54) is 12.1 Å². The molecule has 0 atom stereocenters. The van der Waals surface area contributed by atoms with E-state index in [1.54, 1.807) is 6.07 Å². The zero-order valence-electron chi connectivity index (χ0n) is 10.3. The molecule has 0 radical (unpaired) electrons. The fourth-order valence-corrected chi connectivity index (χ4v) is 2.04. The van der Waals surface area contributed by atoms with E-state index < -0.39 is 0 Å². The summed E-state index contributed by atoms with van der Waals surface area (Å²) in [6, 6.07) is 4.77. The van der Waals surface area contributed by atoms with Crippen LogP contribution in [0.5, 0.6) is 0 Å². The summed E-state index contributed by atoms with van der Waals surface area (Å²) in [5, 5.41) is 0. The van der Waals surface area contributed by atoms with E-state index in [9.17, 15) is 4.39 Å². The quantitative estimate of drug-likeness (QED) is 0.724. The van der Waals surface area contributed by atoms with E-state index in [2.05, 4.69) is 25.7 Å². The van der Waals surface area contributed by atoms with Gasteiger partial charge in [0.2, 0.25) is 0 Å². The molecule has 90 valence electrons. The lowest BCUT2D eigenvalue weighted by Crippen LogP contribution is -2.29. The van der Waals surface area contributed by atoms with Crippen LogP contribution < -0.4 is 4.90 Å². The van der Waals surface area contributed by atoms with E-state index in [0.29, 0.717) is 5.88 Å². The van der Waals surface area contributed by atoms with Crippen molar-refractivity contribution >= 4 is 17.3 Å². The molecule has 1 aromatic carbocycles. The maximum Gasteiger partial charge on any atom is 0.123 e. The Bertz CT molecular complexity index is 357. The first-order chi connectivity index (χ1) is 7.33. The van der Waals surface area contributed by atoms with Gasteiger partial charge in [0.25, 0.3) is 0 Å². The van der Waals surface area contributed by atoms with E-state index in [4.69, 9.17) is 11.6 Å². The summed E-state index contributed by atoms with van der Waals surface area (Å²) in [4.78, 5) is 2.12. The number of hydrogen-bond donors (Lipinski definition) is 0. The normalized spacial score (nSPS) is 11.6. The minimum absolute atomic E-state index is 0.201. The molecule has 0 amide bonds. The third kappa shape index (κ3) is 3.67. The molecular weight excluding hydrogens is 225 g/mol. The Morgan fingerprint density at radius 2 is 1.94 bits per heavy atom. The molecule has 0 N–H and O–H groups in total. The van der Waals surface area contributed by atoms with E-state index >= 15 is 0 Å². The van der Waals surface area contributed by atoms with Crippen molar-refractivity contribution in [2.45, 2.75) is 26.7 Å². The first-order valence-corrected chi connectivity index (χ1v) is 5.92. The van der Waals surface area contributed by atoms with E-state index in [-0.39, 0.29) is 11.2 Å². The molecule has 0 aliphatic rings. The standard InChI is InChI=1S/C13H19ClFN/c1-13(2,3)9-16(4)12-6-5-11(15)7-10(12)8-14/h5-7H,8-9H2,1-4H3. The summed E-state index contributed by atoms with van der Waals surface area (Å²) in [6.07, 6.45) is 0. The van der Waals surface area contributed by atoms with Crippen LogP contribution in [0, 0.1) is 11.2 Å². The molecule has 0 spiro atoms. The highest BCUT2D eigenvalue weighted by atomic mass is 35.5. The molecule has 16 heavy (non-hydrogen) atoms. The number of rotatable bonds is 3. The molecule has 1 aromatic rings. The second-order valence-electron chi connectivity index (χ2n) is 5.32. The van der Waals surface area contributed by atoms with Gasteiger partial charge in [0.1, 0.15) is 5.82 Å². The molecular formula is C13H19ClFN. The highest BCUT2D eigenvalue weighted by molar-refractivity contribution is 6.17. The highest BCUT2D eigenvalue weighted by Crippen LogP contribution is 2.25. The Balaban J connectivity index is 2.94. The topological polar surface area (TPSA) is 3.24 Å². The largest absolute Gasteiger partial charge is 0.374 e. The summed E-state index contributed by atoms with van der Waals surface area (Å²) in [6.45, 7) is 7.43. The molecule has 0 saturated carbocycles. The highest BCUT2D eigenvalue weighted by Gasteiger charge is 2.16. The fraction of sp³-hybridized carbons (Fsp3) is 0.538. The number of nitrogens with zero attached hydrogens (tertiary/aromatic N) is 1. The van der Waals surface area contributed by atoms with Crippen LogP contribution in [0.4, 0.5) is 10.1 Å². The zero-order valence-corrected chi connectivity index (χ0v) is 11.1. The van der Waals surface area contributed by atoms with E-state index in [0.717, 1.165) is 17.8 Å². The Morgan fingerprint density at radius 1 is 1.31 bits per heavy atom. The first kappa shape index (κ1) is 13.3. The smallest absolute Gasteiger partial charge is 0.123 e. The number of anilines is 1. The van der Waals surface area contributed by atoms with Gasteiger partial charge in [-0.2, -0.15) is 0 Å². The summed E-state index contributed by atoms with van der Waals surface area (Å²) in [7, 11) is 2.01. The monoisotopic (exact) mass is 243 g/mol. The van der Waals surface area contributed by atoms with Crippen LogP contribution in [0.3, 0.4) is 0 Å². The molecule has 0 saturated heterocycles. The van der Waals surface area contributed by atoms with Crippen molar-refractivity contribution in [2.75, 3.05) is 18.5 Å². The number of hydrogen-bond acceptors (Lipinski definition) is 1. The van der Waals surface area contributed by atoms with Gasteiger partial charge in [-0.3, -0.25) is 0 Å². The lowest BCUT2D eigenvalue weighted by atomic mass is 9.96. The number of alkyl halides is 1. The van der Waals surface area contributed by atoms with Crippen molar-refractivity contribution < 1.29 is 4.39 Å². The van der Waals surface area contributed by atoms with Crippen molar-refractivity contribution in [3.8, 4) is 0 Å². The van der Waals surface area contributed by atoms with Crippen LogP contribution in [0.25, 0.3) is 0 Å². The summed E-state index contributed by atoms with van der Waals surface area (Å²) in [5.41, 5.74) is 2.05. The van der Waals surface area contributed by atoms with Crippen molar-refractivity contribution in [1.29, 1.82) is 0 Å². The van der Waals surface area contributed by atoms with Crippen LogP contribution in [0.15, 0.2) is 18.2 Å². The van der Waals surface area contributed by atoms with Crippen molar-refractivity contribution in [2.24, 2.45) is 5.41 Å². The van der Waals surface area contributed by atoms with Crippen LogP contribution in [0.2, 0.25) is 0 Å². The van der Waals surface area contributed by atoms with Gasteiger partial charge >= 0.3 is 0 Å². The van der Waals surface area contributed by atoms with Gasteiger partial charge in [-0.1, -0.05) is 20.8 Å². The fourth-order valence-electron chi connectivity index (χ4n) is 1.83. The van der Waals surface area contributed by atoms with Crippen molar-refractivity contribution in [1.82, 2.24) is 0 Å². The van der Waals surface area contributed by atoms with Crippen LogP contribution >= 0.6 is 11.6 Å². The molecule has 0 aliphatic heterocycles. The van der Waals surface area contributed by atoms with Gasteiger partial charge in [0.15, 0.2) is 0 Å². The van der Waals surface area contributed by atoms with Gasteiger partial charge < -0.3 is 4.90 Å². The Kier molecular flexibility index (Phi) is 4.20. The first-order valence-electron chi connectivity index (χ1n) is 5.39. The zero-order chi connectivity index (χ0) is 12.3. The van der Waals surface area contributed by atoms with Crippen molar-refractivity contribution in [3.63, 3.8) is 0 Å². The van der Waals surface area contributed by atoms with Gasteiger partial charge in [-0.05, 0) is 29.2 Å². The summed E-state index contributed by atoms with van der Waals surface area (Å²) < 4.78 is 13.1. The van der Waals surface area contributed by atoms with Gasteiger partial charge in [-0.15, -0.1) is 11.6 Å².